The summed E-state index contributed by atoms with van der Waals surface area (Å²) < 4.78 is 43.6. The number of aromatic nitrogens is 2. The van der Waals surface area contributed by atoms with E-state index in [4.69, 9.17) is 4.74 Å². The van der Waals surface area contributed by atoms with E-state index in [2.05, 4.69) is 9.97 Å². The smallest absolute Gasteiger partial charge is 0.417 e. The van der Waals surface area contributed by atoms with Gasteiger partial charge in [0.05, 0.1) is 23.0 Å². The fraction of sp³-hybridized carbons (Fsp3) is 0.526. The van der Waals surface area contributed by atoms with Crippen molar-refractivity contribution in [3.8, 4) is 10.7 Å². The van der Waals surface area contributed by atoms with Crippen LogP contribution < -0.4 is 0 Å². The Morgan fingerprint density at radius 1 is 1.25 bits per heavy atom. The van der Waals surface area contributed by atoms with Crippen molar-refractivity contribution in [3.05, 3.63) is 35.0 Å². The molecule has 3 heterocycles. The van der Waals surface area contributed by atoms with Gasteiger partial charge in [0, 0.05) is 18.1 Å². The molecule has 0 aromatic carbocycles. The van der Waals surface area contributed by atoms with Crippen LogP contribution in [0.3, 0.4) is 0 Å². The molecular weight excluding hydrogens is 391 g/mol. The Balaban J connectivity index is 1.80. The van der Waals surface area contributed by atoms with Gasteiger partial charge in [-0.2, -0.15) is 13.2 Å². The molecule has 0 aliphatic carbocycles. The molecule has 1 atom stereocenters. The van der Waals surface area contributed by atoms with Crippen LogP contribution in [0.5, 0.6) is 0 Å². The highest BCUT2D eigenvalue weighted by molar-refractivity contribution is 7.13. The molecule has 1 unspecified atom stereocenters. The van der Waals surface area contributed by atoms with E-state index in [1.54, 1.807) is 4.90 Å². The van der Waals surface area contributed by atoms with E-state index >= 15 is 0 Å². The lowest BCUT2D eigenvalue weighted by Crippen LogP contribution is -2.42. The molecule has 9 heteroatoms. The van der Waals surface area contributed by atoms with Gasteiger partial charge < -0.3 is 4.74 Å². The normalized spacial score (nSPS) is 18.2. The summed E-state index contributed by atoms with van der Waals surface area (Å²) in [5, 5.41) is 2.36. The first-order valence-electron chi connectivity index (χ1n) is 9.03. The van der Waals surface area contributed by atoms with E-state index in [0.29, 0.717) is 22.9 Å². The van der Waals surface area contributed by atoms with Crippen molar-refractivity contribution in [2.45, 2.75) is 57.9 Å². The van der Waals surface area contributed by atoms with Crippen LogP contribution in [0, 0.1) is 0 Å². The topological polar surface area (TPSA) is 55.3 Å². The molecule has 1 aliphatic heterocycles. The number of thiazole rings is 1. The molecule has 2 aromatic rings. The Bertz CT molecular complexity index is 828. The van der Waals surface area contributed by atoms with E-state index in [9.17, 15) is 18.0 Å². The van der Waals surface area contributed by atoms with Gasteiger partial charge in [-0.15, -0.1) is 11.3 Å². The Morgan fingerprint density at radius 2 is 2.00 bits per heavy atom. The molecule has 1 fully saturated rings. The number of likely N-dealkylation sites (tertiary alicyclic amines) is 1. The highest BCUT2D eigenvalue weighted by atomic mass is 32.1. The average Bonchev–Trinajstić information content (AvgIpc) is 3.09. The number of carbonyl (C=O) groups excluding carboxylic acids is 1. The van der Waals surface area contributed by atoms with E-state index in [1.165, 1.54) is 17.4 Å². The first kappa shape index (κ1) is 20.6. The Labute approximate surface area is 165 Å². The molecule has 152 valence electrons. The molecule has 1 aliphatic rings. The van der Waals surface area contributed by atoms with Gasteiger partial charge in [-0.05, 0) is 52.2 Å². The number of piperidine rings is 1. The van der Waals surface area contributed by atoms with Crippen molar-refractivity contribution in [2.24, 2.45) is 0 Å². The predicted molar refractivity (Wildman–Crippen MR) is 99.9 cm³/mol. The van der Waals surface area contributed by atoms with Crippen LogP contribution in [0.4, 0.5) is 18.0 Å². The number of ether oxygens (including phenoxy) is 1. The monoisotopic (exact) mass is 413 g/mol. The molecule has 0 radical (unpaired) electrons. The van der Waals surface area contributed by atoms with Crippen molar-refractivity contribution in [1.82, 2.24) is 14.9 Å². The summed E-state index contributed by atoms with van der Waals surface area (Å²) in [5.41, 5.74) is -0.288. The van der Waals surface area contributed by atoms with Gasteiger partial charge in [0.2, 0.25) is 0 Å². The number of rotatable bonds is 2. The number of carbonyl (C=O) groups is 1. The van der Waals surface area contributed by atoms with Crippen molar-refractivity contribution in [3.63, 3.8) is 0 Å². The highest BCUT2D eigenvalue weighted by Crippen LogP contribution is 2.35. The first-order chi connectivity index (χ1) is 13.0. The maximum absolute atomic E-state index is 12.7. The molecule has 5 nitrogen and oxygen atoms in total. The summed E-state index contributed by atoms with van der Waals surface area (Å²) in [6.07, 6.45) is -1.36. The minimum Gasteiger partial charge on any atom is -0.444 e. The second kappa shape index (κ2) is 7.69. The molecule has 2 aromatic heterocycles. The van der Waals surface area contributed by atoms with E-state index in [0.717, 1.165) is 31.5 Å². The standard InChI is InChI=1S/C19H22F3N3O2S/c1-18(2,3)27-17(26)25-9-5-4-6-15(25)14-11-28-16(24-14)13-8-7-12(10-23-13)19(20,21)22/h7-8,10-11,15H,4-6,9H2,1-3H3. The van der Waals surface area contributed by atoms with Crippen LogP contribution in [0.1, 0.15) is 57.3 Å². The number of halogens is 3. The van der Waals surface area contributed by atoms with Gasteiger partial charge in [0.25, 0.3) is 0 Å². The van der Waals surface area contributed by atoms with Crippen LogP contribution in [0.25, 0.3) is 10.7 Å². The number of hydrogen-bond donors (Lipinski definition) is 0. The Kier molecular flexibility index (Phi) is 5.65. The number of pyridine rings is 1. The largest absolute Gasteiger partial charge is 0.444 e. The minimum atomic E-state index is -4.42. The van der Waals surface area contributed by atoms with Crippen LogP contribution in [-0.2, 0) is 10.9 Å². The van der Waals surface area contributed by atoms with Gasteiger partial charge in [0.15, 0.2) is 0 Å². The molecule has 28 heavy (non-hydrogen) atoms. The lowest BCUT2D eigenvalue weighted by atomic mass is 10.0. The minimum absolute atomic E-state index is 0.206. The molecular formula is C19H22F3N3O2S. The Morgan fingerprint density at radius 3 is 2.61 bits per heavy atom. The van der Waals surface area contributed by atoms with Gasteiger partial charge in [-0.1, -0.05) is 0 Å². The third-order valence-electron chi connectivity index (χ3n) is 4.30. The van der Waals surface area contributed by atoms with Crippen molar-refractivity contribution in [1.29, 1.82) is 0 Å². The van der Waals surface area contributed by atoms with Crippen molar-refractivity contribution in [2.75, 3.05) is 6.54 Å². The highest BCUT2D eigenvalue weighted by Gasteiger charge is 2.33. The molecule has 0 saturated carbocycles. The summed E-state index contributed by atoms with van der Waals surface area (Å²) in [6, 6.07) is 2.11. The van der Waals surface area contributed by atoms with Gasteiger partial charge in [0.1, 0.15) is 10.6 Å². The molecule has 0 bridgehead atoms. The number of alkyl halides is 3. The van der Waals surface area contributed by atoms with Crippen LogP contribution >= 0.6 is 11.3 Å². The molecule has 0 N–H and O–H groups in total. The van der Waals surface area contributed by atoms with Gasteiger partial charge in [-0.25, -0.2) is 9.78 Å². The summed E-state index contributed by atoms with van der Waals surface area (Å²) in [7, 11) is 0. The van der Waals surface area contributed by atoms with E-state index in [-0.39, 0.29) is 12.1 Å². The Hall–Kier alpha value is -2.16. The predicted octanol–water partition coefficient (Wildman–Crippen LogP) is 5.69. The lowest BCUT2D eigenvalue weighted by molar-refractivity contribution is -0.137. The van der Waals surface area contributed by atoms with Gasteiger partial charge in [-0.3, -0.25) is 9.88 Å². The fourth-order valence-electron chi connectivity index (χ4n) is 3.02. The molecule has 3 rings (SSSR count). The van der Waals surface area contributed by atoms with Crippen LogP contribution in [0.2, 0.25) is 0 Å². The maximum Gasteiger partial charge on any atom is 0.417 e. The summed E-state index contributed by atoms with van der Waals surface area (Å²) in [5.74, 6) is 0. The van der Waals surface area contributed by atoms with Crippen LogP contribution in [0.15, 0.2) is 23.7 Å². The number of hydrogen-bond acceptors (Lipinski definition) is 5. The third kappa shape index (κ3) is 4.81. The second-order valence-electron chi connectivity index (χ2n) is 7.69. The number of amides is 1. The van der Waals surface area contributed by atoms with E-state index < -0.39 is 17.3 Å². The zero-order valence-electron chi connectivity index (χ0n) is 15.9. The van der Waals surface area contributed by atoms with Crippen molar-refractivity contribution < 1.29 is 22.7 Å². The van der Waals surface area contributed by atoms with E-state index in [1.807, 2.05) is 26.2 Å². The van der Waals surface area contributed by atoms with Gasteiger partial charge >= 0.3 is 12.3 Å². The maximum atomic E-state index is 12.7. The van der Waals surface area contributed by atoms with Crippen LogP contribution in [-0.4, -0.2) is 33.1 Å². The lowest BCUT2D eigenvalue weighted by Gasteiger charge is -2.35. The van der Waals surface area contributed by atoms with Crippen molar-refractivity contribution >= 4 is 17.4 Å². The second-order valence-corrected chi connectivity index (χ2v) is 8.55. The summed E-state index contributed by atoms with van der Waals surface area (Å²) in [6.45, 7) is 6.05. The quantitative estimate of drug-likeness (QED) is 0.635. The molecule has 1 saturated heterocycles. The summed E-state index contributed by atoms with van der Waals surface area (Å²) in [4.78, 5) is 22.7. The zero-order valence-corrected chi connectivity index (χ0v) is 16.7. The summed E-state index contributed by atoms with van der Waals surface area (Å²) >= 11 is 1.30. The zero-order chi connectivity index (χ0) is 20.5. The first-order valence-corrected chi connectivity index (χ1v) is 9.91. The SMILES string of the molecule is CC(C)(C)OC(=O)N1CCCCC1c1csc(-c2ccc(C(F)(F)F)cn2)n1. The molecule has 0 spiro atoms. The third-order valence-corrected chi connectivity index (χ3v) is 5.19. The average molecular weight is 413 g/mol. The fourth-order valence-corrected chi connectivity index (χ4v) is 3.86. The number of nitrogens with zero attached hydrogens (tertiary/aromatic N) is 3. The molecule has 1 amide bonds.